The molecular weight excluding hydrogens is 414 g/mol. The summed E-state index contributed by atoms with van der Waals surface area (Å²) in [5.41, 5.74) is 4.81. The zero-order valence-electron chi connectivity index (χ0n) is 18.5. The predicted molar refractivity (Wildman–Crippen MR) is 126 cm³/mol. The van der Waals surface area contributed by atoms with Crippen LogP contribution in [0.4, 0.5) is 5.95 Å². The number of fused-ring (bicyclic) bond motifs is 1. The van der Waals surface area contributed by atoms with Crippen LogP contribution in [0.2, 0.25) is 0 Å². The largest absolute Gasteiger partial charge is 0.497 e. The molecule has 2 saturated heterocycles. The van der Waals surface area contributed by atoms with Gasteiger partial charge in [0.2, 0.25) is 5.95 Å². The number of hydrogen-bond acceptors (Lipinski definition) is 7. The van der Waals surface area contributed by atoms with E-state index in [1.165, 1.54) is 0 Å². The zero-order chi connectivity index (χ0) is 22.2. The van der Waals surface area contributed by atoms with Crippen LogP contribution in [0.1, 0.15) is 36.3 Å². The van der Waals surface area contributed by atoms with Gasteiger partial charge in [-0.1, -0.05) is 30.3 Å². The average molecular weight is 440 g/mol. The van der Waals surface area contributed by atoms with Gasteiger partial charge in [0.1, 0.15) is 11.9 Å². The fourth-order valence-electron chi connectivity index (χ4n) is 4.59. The lowest BCUT2D eigenvalue weighted by Crippen LogP contribution is -2.46. The maximum absolute atomic E-state index is 5.89. The molecule has 0 saturated carbocycles. The molecule has 2 aromatic carbocycles. The normalized spacial score (nSPS) is 18.5. The number of methoxy groups -OCH3 is 1. The number of para-hydroxylation sites is 1. The first-order chi connectivity index (χ1) is 16.3. The lowest BCUT2D eigenvalue weighted by Gasteiger charge is -2.39. The molecule has 2 fully saturated rings. The van der Waals surface area contributed by atoms with Crippen LogP contribution in [0, 0.1) is 0 Å². The molecular formula is C26H25N5O2. The summed E-state index contributed by atoms with van der Waals surface area (Å²) >= 11 is 0. The fraction of sp³-hybridized carbons (Fsp3) is 0.308. The summed E-state index contributed by atoms with van der Waals surface area (Å²) in [7, 11) is 1.68. The van der Waals surface area contributed by atoms with Gasteiger partial charge in [0.25, 0.3) is 0 Å². The number of nitrogens with zero attached hydrogens (tertiary/aromatic N) is 5. The number of hydrogen-bond donors (Lipinski definition) is 0. The Labute approximate surface area is 192 Å². The van der Waals surface area contributed by atoms with Crippen molar-refractivity contribution in [2.24, 2.45) is 0 Å². The molecule has 2 aromatic heterocycles. The van der Waals surface area contributed by atoms with E-state index in [-0.39, 0.29) is 12.0 Å². The lowest BCUT2D eigenvalue weighted by atomic mass is 9.92. The summed E-state index contributed by atoms with van der Waals surface area (Å²) in [5.74, 6) is 1.81. The number of anilines is 1. The molecule has 4 heterocycles. The molecule has 0 radical (unpaired) electrons. The highest BCUT2D eigenvalue weighted by Gasteiger charge is 2.34. The van der Waals surface area contributed by atoms with Crippen molar-refractivity contribution in [2.75, 3.05) is 31.7 Å². The van der Waals surface area contributed by atoms with E-state index in [1.807, 2.05) is 54.9 Å². The summed E-state index contributed by atoms with van der Waals surface area (Å²) < 4.78 is 11.3. The highest BCUT2D eigenvalue weighted by atomic mass is 16.5. The van der Waals surface area contributed by atoms with Crippen LogP contribution in [0.25, 0.3) is 22.2 Å². The summed E-state index contributed by atoms with van der Waals surface area (Å²) in [5, 5.41) is 1.05. The molecule has 6 rings (SSSR count). The third kappa shape index (κ3) is 3.78. The second-order valence-electron chi connectivity index (χ2n) is 8.59. The molecule has 0 bridgehead atoms. The van der Waals surface area contributed by atoms with Gasteiger partial charge >= 0.3 is 0 Å². The standard InChI is InChI=1S/C26H25N5O2/c1-32-20-8-4-7-17(12-20)24-25(29-22(14-27-24)23-10-5-11-33-23)19-15-31(16-19)26-28-13-18-6-2-3-9-21(18)30-26/h2-4,6-9,12-14,19,23H,5,10-11,15-16H2,1H3. The summed E-state index contributed by atoms with van der Waals surface area (Å²) in [6.45, 7) is 2.40. The number of ether oxygens (including phenoxy) is 2. The Morgan fingerprint density at radius 3 is 2.76 bits per heavy atom. The second-order valence-corrected chi connectivity index (χ2v) is 8.59. The zero-order valence-corrected chi connectivity index (χ0v) is 18.5. The van der Waals surface area contributed by atoms with Gasteiger partial charge in [-0.25, -0.2) is 9.97 Å². The van der Waals surface area contributed by atoms with Crippen LogP contribution in [0.5, 0.6) is 5.75 Å². The highest BCUT2D eigenvalue weighted by molar-refractivity contribution is 5.78. The van der Waals surface area contributed by atoms with Gasteiger partial charge in [-0.2, -0.15) is 0 Å². The maximum Gasteiger partial charge on any atom is 0.225 e. The van der Waals surface area contributed by atoms with Gasteiger partial charge in [-0.3, -0.25) is 9.97 Å². The van der Waals surface area contributed by atoms with Gasteiger partial charge in [0, 0.05) is 42.8 Å². The molecule has 7 heteroatoms. The van der Waals surface area contributed by atoms with Gasteiger partial charge in [0.15, 0.2) is 0 Å². The molecule has 1 unspecified atom stereocenters. The van der Waals surface area contributed by atoms with Crippen LogP contribution < -0.4 is 9.64 Å². The van der Waals surface area contributed by atoms with E-state index in [9.17, 15) is 0 Å². The Hall–Kier alpha value is -3.58. The Morgan fingerprint density at radius 1 is 1.00 bits per heavy atom. The Bertz CT molecular complexity index is 1300. The first-order valence-electron chi connectivity index (χ1n) is 11.4. The Kier molecular flexibility index (Phi) is 5.11. The van der Waals surface area contributed by atoms with Crippen molar-refractivity contribution in [3.05, 3.63) is 72.3 Å². The van der Waals surface area contributed by atoms with Crippen LogP contribution in [0.3, 0.4) is 0 Å². The summed E-state index contributed by atoms with van der Waals surface area (Å²) in [6, 6.07) is 16.1. The van der Waals surface area contributed by atoms with Crippen molar-refractivity contribution >= 4 is 16.9 Å². The maximum atomic E-state index is 5.89. The first-order valence-corrected chi connectivity index (χ1v) is 11.4. The highest BCUT2D eigenvalue weighted by Crippen LogP contribution is 2.37. The van der Waals surface area contributed by atoms with E-state index in [1.54, 1.807) is 7.11 Å². The van der Waals surface area contributed by atoms with E-state index in [2.05, 4.69) is 16.0 Å². The van der Waals surface area contributed by atoms with Crippen LogP contribution >= 0.6 is 0 Å². The lowest BCUT2D eigenvalue weighted by molar-refractivity contribution is 0.108. The van der Waals surface area contributed by atoms with Gasteiger partial charge in [-0.15, -0.1) is 0 Å². The van der Waals surface area contributed by atoms with Crippen molar-refractivity contribution in [3.8, 4) is 17.0 Å². The number of benzene rings is 2. The van der Waals surface area contributed by atoms with Gasteiger partial charge < -0.3 is 14.4 Å². The number of aromatic nitrogens is 4. The van der Waals surface area contributed by atoms with Crippen molar-refractivity contribution < 1.29 is 9.47 Å². The molecule has 0 spiro atoms. The van der Waals surface area contributed by atoms with Crippen LogP contribution in [-0.2, 0) is 4.74 Å². The Morgan fingerprint density at radius 2 is 1.91 bits per heavy atom. The first kappa shape index (κ1) is 20.1. The minimum atomic E-state index is 0.0376. The second kappa shape index (κ2) is 8.41. The molecule has 166 valence electrons. The molecule has 33 heavy (non-hydrogen) atoms. The van der Waals surface area contributed by atoms with E-state index < -0.39 is 0 Å². The quantitative estimate of drug-likeness (QED) is 0.452. The van der Waals surface area contributed by atoms with E-state index in [0.29, 0.717) is 0 Å². The van der Waals surface area contributed by atoms with Crippen molar-refractivity contribution in [3.63, 3.8) is 0 Å². The summed E-state index contributed by atoms with van der Waals surface area (Å²) in [6.07, 6.45) is 5.86. The minimum Gasteiger partial charge on any atom is -0.497 e. The molecule has 0 aliphatic carbocycles. The SMILES string of the molecule is COc1cccc(-c2ncc(C3CCCO3)nc2C2CN(c3ncc4ccccc4n3)C2)c1. The number of rotatable bonds is 5. The van der Waals surface area contributed by atoms with E-state index in [0.717, 1.165) is 77.8 Å². The summed E-state index contributed by atoms with van der Waals surface area (Å²) in [4.78, 5) is 21.5. The molecule has 0 amide bonds. The van der Waals surface area contributed by atoms with Crippen LogP contribution in [0.15, 0.2) is 60.9 Å². The smallest absolute Gasteiger partial charge is 0.225 e. The van der Waals surface area contributed by atoms with Crippen LogP contribution in [-0.4, -0.2) is 46.7 Å². The van der Waals surface area contributed by atoms with Crippen molar-refractivity contribution in [1.29, 1.82) is 0 Å². The van der Waals surface area contributed by atoms with Gasteiger partial charge in [-0.05, 0) is 31.0 Å². The monoisotopic (exact) mass is 439 g/mol. The molecule has 1 atom stereocenters. The van der Waals surface area contributed by atoms with Gasteiger partial charge in [0.05, 0.1) is 35.9 Å². The van der Waals surface area contributed by atoms with E-state index >= 15 is 0 Å². The fourth-order valence-corrected chi connectivity index (χ4v) is 4.59. The Balaban J connectivity index is 1.32. The third-order valence-corrected chi connectivity index (χ3v) is 6.45. The molecule has 2 aliphatic rings. The third-order valence-electron chi connectivity index (χ3n) is 6.45. The molecule has 0 N–H and O–H groups in total. The predicted octanol–water partition coefficient (Wildman–Crippen LogP) is 4.55. The molecule has 7 nitrogen and oxygen atoms in total. The minimum absolute atomic E-state index is 0.0376. The topological polar surface area (TPSA) is 73.3 Å². The molecule has 2 aliphatic heterocycles. The van der Waals surface area contributed by atoms with Crippen molar-refractivity contribution in [1.82, 2.24) is 19.9 Å². The van der Waals surface area contributed by atoms with E-state index in [4.69, 9.17) is 24.4 Å². The molecule has 4 aromatic rings. The van der Waals surface area contributed by atoms with Crippen molar-refractivity contribution in [2.45, 2.75) is 24.9 Å². The average Bonchev–Trinajstić information content (AvgIpc) is 3.38.